The number of amides is 1. The lowest BCUT2D eigenvalue weighted by atomic mass is 10.1. The fourth-order valence-corrected chi connectivity index (χ4v) is 4.49. The maximum atomic E-state index is 12.8. The molecule has 158 valence electrons. The third kappa shape index (κ3) is 7.15. The predicted octanol–water partition coefficient (Wildman–Crippen LogP) is 2.86. The summed E-state index contributed by atoms with van der Waals surface area (Å²) in [4.78, 5) is 12.9. The van der Waals surface area contributed by atoms with Crippen LogP contribution in [-0.4, -0.2) is 39.5 Å². The summed E-state index contributed by atoms with van der Waals surface area (Å²) in [5.41, 5.74) is 2.89. The summed E-state index contributed by atoms with van der Waals surface area (Å²) in [5.74, 6) is 0.316. The monoisotopic (exact) mass is 436 g/mol. The van der Waals surface area contributed by atoms with Crippen molar-refractivity contribution in [3.05, 3.63) is 65.2 Å². The summed E-state index contributed by atoms with van der Waals surface area (Å²) in [6.45, 7) is 2.64. The van der Waals surface area contributed by atoms with Crippen LogP contribution in [-0.2, 0) is 32.7 Å². The van der Waals surface area contributed by atoms with Gasteiger partial charge in [0.2, 0.25) is 15.9 Å². The van der Waals surface area contributed by atoms with Gasteiger partial charge in [-0.1, -0.05) is 42.0 Å². The van der Waals surface area contributed by atoms with Gasteiger partial charge >= 0.3 is 0 Å². The third-order valence-corrected chi connectivity index (χ3v) is 6.56. The number of nitrogens with one attached hydrogen (secondary N) is 2. The van der Waals surface area contributed by atoms with E-state index < -0.39 is 16.1 Å². The van der Waals surface area contributed by atoms with Gasteiger partial charge in [0.15, 0.2) is 0 Å². The maximum absolute atomic E-state index is 12.8. The highest BCUT2D eigenvalue weighted by Gasteiger charge is 2.25. The molecule has 6 nitrogen and oxygen atoms in total. The Bertz CT molecular complexity index is 899. The maximum Gasteiger partial charge on any atom is 0.241 e. The topological polar surface area (TPSA) is 84.5 Å². The van der Waals surface area contributed by atoms with Gasteiger partial charge in [0.25, 0.3) is 0 Å². The summed E-state index contributed by atoms with van der Waals surface area (Å²) < 4.78 is 33.2. The summed E-state index contributed by atoms with van der Waals surface area (Å²) in [6, 6.07) is 13.4. The van der Waals surface area contributed by atoms with Crippen LogP contribution in [0.2, 0.25) is 0 Å². The normalized spacial score (nSPS) is 12.5. The Kier molecular flexibility index (Phi) is 9.16. The molecule has 1 unspecified atom stereocenters. The first-order valence-electron chi connectivity index (χ1n) is 9.28. The molecule has 0 aliphatic carbocycles. The van der Waals surface area contributed by atoms with Crippen LogP contribution in [0.1, 0.15) is 23.1 Å². The smallest absolute Gasteiger partial charge is 0.241 e. The standard InChI is InChI=1S/C21H28N2O4S2/c1-16-8-10-19(11-9-16)29(25,26)23-20(12-13-28-3)21(24)22-14-17-6-4-5-7-18(17)15-27-2/h4-11,20,23H,12-15H2,1-3H3,(H,22,24). The molecule has 0 aliphatic rings. The molecule has 0 aliphatic heterocycles. The molecule has 0 saturated carbocycles. The highest BCUT2D eigenvalue weighted by molar-refractivity contribution is 7.98. The number of thioether (sulfide) groups is 1. The van der Waals surface area contributed by atoms with E-state index in [-0.39, 0.29) is 10.8 Å². The quantitative estimate of drug-likeness (QED) is 0.566. The number of sulfonamides is 1. The number of aryl methyl sites for hydroxylation is 1. The second kappa shape index (κ2) is 11.3. The molecule has 29 heavy (non-hydrogen) atoms. The Hall–Kier alpha value is -1.87. The summed E-state index contributed by atoms with van der Waals surface area (Å²) in [5, 5.41) is 2.86. The van der Waals surface area contributed by atoms with Gasteiger partial charge in [-0.3, -0.25) is 4.79 Å². The molecule has 1 amide bonds. The predicted molar refractivity (Wildman–Crippen MR) is 117 cm³/mol. The first-order valence-corrected chi connectivity index (χ1v) is 12.2. The molecule has 0 saturated heterocycles. The van der Waals surface area contributed by atoms with E-state index in [1.807, 2.05) is 37.4 Å². The van der Waals surface area contributed by atoms with E-state index in [0.29, 0.717) is 25.3 Å². The lowest BCUT2D eigenvalue weighted by Crippen LogP contribution is -2.46. The van der Waals surface area contributed by atoms with Gasteiger partial charge in [0.05, 0.1) is 11.5 Å². The minimum absolute atomic E-state index is 0.149. The first-order chi connectivity index (χ1) is 13.9. The minimum atomic E-state index is -3.79. The molecule has 2 aromatic rings. The van der Waals surface area contributed by atoms with Crippen molar-refractivity contribution in [3.63, 3.8) is 0 Å². The van der Waals surface area contributed by atoms with Crippen LogP contribution in [0.4, 0.5) is 0 Å². The van der Waals surface area contributed by atoms with Crippen molar-refractivity contribution in [2.24, 2.45) is 0 Å². The summed E-state index contributed by atoms with van der Waals surface area (Å²) in [6.07, 6.45) is 2.32. The largest absolute Gasteiger partial charge is 0.380 e. The highest BCUT2D eigenvalue weighted by atomic mass is 32.2. The van der Waals surface area contributed by atoms with Crippen molar-refractivity contribution in [1.82, 2.24) is 10.0 Å². The van der Waals surface area contributed by atoms with Crippen LogP contribution in [0.25, 0.3) is 0 Å². The van der Waals surface area contributed by atoms with Gasteiger partial charge in [0.1, 0.15) is 6.04 Å². The number of carbonyl (C=O) groups excluding carboxylic acids is 1. The Balaban J connectivity index is 2.10. The average molecular weight is 437 g/mol. The first kappa shape index (κ1) is 23.4. The van der Waals surface area contributed by atoms with Crippen molar-refractivity contribution >= 4 is 27.7 Å². The van der Waals surface area contributed by atoms with Crippen LogP contribution in [0.5, 0.6) is 0 Å². The minimum Gasteiger partial charge on any atom is -0.380 e. The number of carbonyl (C=O) groups is 1. The second-order valence-electron chi connectivity index (χ2n) is 6.69. The Morgan fingerprint density at radius 1 is 1.10 bits per heavy atom. The molecule has 2 N–H and O–H groups in total. The van der Waals surface area contributed by atoms with E-state index in [9.17, 15) is 13.2 Å². The van der Waals surface area contributed by atoms with E-state index in [1.165, 1.54) is 0 Å². The molecule has 0 radical (unpaired) electrons. The number of rotatable bonds is 11. The van der Waals surface area contributed by atoms with E-state index in [4.69, 9.17) is 4.74 Å². The summed E-state index contributed by atoms with van der Waals surface area (Å²) >= 11 is 1.56. The van der Waals surface area contributed by atoms with Gasteiger partial charge in [-0.15, -0.1) is 0 Å². The number of methoxy groups -OCH3 is 1. The molecule has 0 spiro atoms. The number of benzene rings is 2. The molecule has 8 heteroatoms. The van der Waals surface area contributed by atoms with E-state index >= 15 is 0 Å². The molecule has 2 aromatic carbocycles. The summed E-state index contributed by atoms with van der Waals surface area (Å²) in [7, 11) is -2.17. The molecular formula is C21H28N2O4S2. The number of hydrogen-bond acceptors (Lipinski definition) is 5. The van der Waals surface area contributed by atoms with Crippen molar-refractivity contribution < 1.29 is 17.9 Å². The van der Waals surface area contributed by atoms with Gasteiger partial charge in [-0.25, -0.2) is 8.42 Å². The van der Waals surface area contributed by atoms with Crippen molar-refractivity contribution in [2.75, 3.05) is 19.1 Å². The van der Waals surface area contributed by atoms with Gasteiger partial charge in [-0.2, -0.15) is 16.5 Å². The second-order valence-corrected chi connectivity index (χ2v) is 9.39. The van der Waals surface area contributed by atoms with Crippen LogP contribution in [0, 0.1) is 6.92 Å². The lowest BCUT2D eigenvalue weighted by molar-refractivity contribution is -0.122. The molecular weight excluding hydrogens is 408 g/mol. The SMILES string of the molecule is COCc1ccccc1CNC(=O)C(CCSC)NS(=O)(=O)c1ccc(C)cc1. The lowest BCUT2D eigenvalue weighted by Gasteiger charge is -2.19. The van der Waals surface area contributed by atoms with Gasteiger partial charge < -0.3 is 10.1 Å². The highest BCUT2D eigenvalue weighted by Crippen LogP contribution is 2.13. The van der Waals surface area contributed by atoms with E-state index in [2.05, 4.69) is 10.0 Å². The van der Waals surface area contributed by atoms with Crippen LogP contribution in [0.3, 0.4) is 0 Å². The number of ether oxygens (including phenoxy) is 1. The number of hydrogen-bond donors (Lipinski definition) is 2. The molecule has 0 fully saturated rings. The molecule has 2 rings (SSSR count). The molecule has 1 atom stereocenters. The zero-order valence-electron chi connectivity index (χ0n) is 17.0. The Morgan fingerprint density at radius 3 is 2.38 bits per heavy atom. The Morgan fingerprint density at radius 2 is 1.76 bits per heavy atom. The fourth-order valence-electron chi connectivity index (χ4n) is 2.78. The molecule has 0 aromatic heterocycles. The third-order valence-electron chi connectivity index (χ3n) is 4.43. The van der Waals surface area contributed by atoms with Gasteiger partial charge in [-0.05, 0) is 48.6 Å². The van der Waals surface area contributed by atoms with E-state index in [1.54, 1.807) is 43.1 Å². The van der Waals surface area contributed by atoms with Crippen LogP contribution < -0.4 is 10.0 Å². The zero-order chi connectivity index (χ0) is 21.3. The molecule has 0 heterocycles. The van der Waals surface area contributed by atoms with Crippen molar-refractivity contribution in [2.45, 2.75) is 37.4 Å². The van der Waals surface area contributed by atoms with Gasteiger partial charge in [0, 0.05) is 13.7 Å². The van der Waals surface area contributed by atoms with Crippen LogP contribution >= 0.6 is 11.8 Å². The van der Waals surface area contributed by atoms with E-state index in [0.717, 1.165) is 16.7 Å². The molecule has 0 bridgehead atoms. The van der Waals surface area contributed by atoms with Crippen LogP contribution in [0.15, 0.2) is 53.4 Å². The zero-order valence-corrected chi connectivity index (χ0v) is 18.6. The fraction of sp³-hybridized carbons (Fsp3) is 0.381. The average Bonchev–Trinajstić information content (AvgIpc) is 2.70. The van der Waals surface area contributed by atoms with Crippen molar-refractivity contribution in [1.29, 1.82) is 0 Å². The van der Waals surface area contributed by atoms with Crippen molar-refractivity contribution in [3.8, 4) is 0 Å². The Labute approximate surface area is 177 Å².